The SMILES string of the molecule is CCN(C(=O)COc1ccccc1OC)C(C)c1cccc(C(F)(F)F)c1. The minimum absolute atomic E-state index is 0.239. The highest BCUT2D eigenvalue weighted by Gasteiger charge is 2.31. The largest absolute Gasteiger partial charge is 0.493 e. The number of carbonyl (C=O) groups excluding carboxylic acids is 1. The molecule has 0 aromatic heterocycles. The summed E-state index contributed by atoms with van der Waals surface area (Å²) in [6.07, 6.45) is -4.43. The lowest BCUT2D eigenvalue weighted by atomic mass is 10.0. The van der Waals surface area contributed by atoms with Crippen LogP contribution in [0, 0.1) is 0 Å². The maximum Gasteiger partial charge on any atom is 0.416 e. The van der Waals surface area contributed by atoms with Crippen LogP contribution in [0.5, 0.6) is 11.5 Å². The molecule has 0 aliphatic carbocycles. The van der Waals surface area contributed by atoms with Crippen LogP contribution < -0.4 is 9.47 Å². The average Bonchev–Trinajstić information content (AvgIpc) is 2.66. The van der Waals surface area contributed by atoms with E-state index in [9.17, 15) is 18.0 Å². The molecule has 4 nitrogen and oxygen atoms in total. The molecule has 0 heterocycles. The predicted molar refractivity (Wildman–Crippen MR) is 95.7 cm³/mol. The fourth-order valence-corrected chi connectivity index (χ4v) is 2.78. The van der Waals surface area contributed by atoms with Crippen molar-refractivity contribution < 1.29 is 27.4 Å². The summed E-state index contributed by atoms with van der Waals surface area (Å²) in [5.74, 6) is 0.601. The molecule has 0 spiro atoms. The maximum atomic E-state index is 12.9. The highest BCUT2D eigenvalue weighted by atomic mass is 19.4. The van der Waals surface area contributed by atoms with Gasteiger partial charge in [0.15, 0.2) is 18.1 Å². The first-order valence-corrected chi connectivity index (χ1v) is 8.50. The number of ether oxygens (including phenoxy) is 2. The smallest absolute Gasteiger partial charge is 0.416 e. The van der Waals surface area contributed by atoms with Crippen molar-refractivity contribution in [2.24, 2.45) is 0 Å². The molecular weight excluding hydrogens is 359 g/mol. The Kier molecular flexibility index (Phi) is 6.71. The summed E-state index contributed by atoms with van der Waals surface area (Å²) in [6, 6.07) is 11.4. The number of alkyl halides is 3. The van der Waals surface area contributed by atoms with Crippen molar-refractivity contribution in [2.75, 3.05) is 20.3 Å². The number of carbonyl (C=O) groups is 1. The second-order valence-corrected chi connectivity index (χ2v) is 5.92. The Hall–Kier alpha value is -2.70. The van der Waals surface area contributed by atoms with Crippen molar-refractivity contribution in [3.63, 3.8) is 0 Å². The van der Waals surface area contributed by atoms with Crippen LogP contribution in [0.15, 0.2) is 48.5 Å². The molecule has 0 fully saturated rings. The molecule has 0 bridgehead atoms. The van der Waals surface area contributed by atoms with E-state index in [0.29, 0.717) is 23.6 Å². The van der Waals surface area contributed by atoms with E-state index in [1.165, 1.54) is 18.1 Å². The van der Waals surface area contributed by atoms with E-state index in [-0.39, 0.29) is 12.5 Å². The second-order valence-electron chi connectivity index (χ2n) is 5.92. The van der Waals surface area contributed by atoms with E-state index >= 15 is 0 Å². The van der Waals surface area contributed by atoms with Gasteiger partial charge in [-0.15, -0.1) is 0 Å². The number of amides is 1. The van der Waals surface area contributed by atoms with Gasteiger partial charge in [0, 0.05) is 6.54 Å². The average molecular weight is 381 g/mol. The highest BCUT2D eigenvalue weighted by Crippen LogP contribution is 2.32. The van der Waals surface area contributed by atoms with Gasteiger partial charge < -0.3 is 14.4 Å². The van der Waals surface area contributed by atoms with Gasteiger partial charge in [0.1, 0.15) is 0 Å². The van der Waals surface area contributed by atoms with Crippen molar-refractivity contribution in [1.82, 2.24) is 4.90 Å². The van der Waals surface area contributed by atoms with Crippen LogP contribution in [0.2, 0.25) is 0 Å². The minimum Gasteiger partial charge on any atom is -0.493 e. The summed E-state index contributed by atoms with van der Waals surface area (Å²) >= 11 is 0. The molecule has 146 valence electrons. The van der Waals surface area contributed by atoms with E-state index in [4.69, 9.17) is 9.47 Å². The lowest BCUT2D eigenvalue weighted by Crippen LogP contribution is -2.37. The summed E-state index contributed by atoms with van der Waals surface area (Å²) < 4.78 is 49.5. The summed E-state index contributed by atoms with van der Waals surface area (Å²) in [4.78, 5) is 14.1. The summed E-state index contributed by atoms with van der Waals surface area (Å²) in [5, 5.41) is 0. The van der Waals surface area contributed by atoms with Gasteiger partial charge in [-0.1, -0.05) is 24.3 Å². The van der Waals surface area contributed by atoms with E-state index in [1.54, 1.807) is 44.2 Å². The summed E-state index contributed by atoms with van der Waals surface area (Å²) in [7, 11) is 1.50. The van der Waals surface area contributed by atoms with Crippen LogP contribution >= 0.6 is 0 Å². The number of rotatable bonds is 7. The van der Waals surface area contributed by atoms with Gasteiger partial charge in [-0.25, -0.2) is 0 Å². The fraction of sp³-hybridized carbons (Fsp3) is 0.350. The Bertz CT molecular complexity index is 777. The van der Waals surface area contributed by atoms with Crippen molar-refractivity contribution in [3.05, 3.63) is 59.7 Å². The number of nitrogens with zero attached hydrogens (tertiary/aromatic N) is 1. The standard InChI is InChI=1S/C20H22F3NO3/c1-4-24(14(2)15-8-7-9-16(12-15)20(21,22)23)19(25)13-27-18-11-6-5-10-17(18)26-3/h5-12,14H,4,13H2,1-3H3. The number of methoxy groups -OCH3 is 1. The number of para-hydroxylation sites is 2. The molecule has 0 N–H and O–H groups in total. The molecule has 7 heteroatoms. The Morgan fingerprint density at radius 2 is 1.78 bits per heavy atom. The third-order valence-electron chi connectivity index (χ3n) is 4.25. The van der Waals surface area contributed by atoms with Crippen LogP contribution in [0.3, 0.4) is 0 Å². The topological polar surface area (TPSA) is 38.8 Å². The van der Waals surface area contributed by atoms with E-state index in [0.717, 1.165) is 12.1 Å². The van der Waals surface area contributed by atoms with Crippen molar-refractivity contribution in [1.29, 1.82) is 0 Å². The molecule has 2 aromatic carbocycles. The normalized spacial score (nSPS) is 12.4. The Labute approximate surface area is 156 Å². The van der Waals surface area contributed by atoms with Crippen LogP contribution in [-0.4, -0.2) is 31.1 Å². The third kappa shape index (κ3) is 5.15. The Morgan fingerprint density at radius 1 is 1.11 bits per heavy atom. The number of hydrogen-bond donors (Lipinski definition) is 0. The molecule has 1 atom stereocenters. The van der Waals surface area contributed by atoms with E-state index in [2.05, 4.69) is 0 Å². The third-order valence-corrected chi connectivity index (χ3v) is 4.25. The summed E-state index contributed by atoms with van der Waals surface area (Å²) in [6.45, 7) is 3.56. The lowest BCUT2D eigenvalue weighted by Gasteiger charge is -2.29. The molecule has 0 aliphatic rings. The fourth-order valence-electron chi connectivity index (χ4n) is 2.78. The van der Waals surface area contributed by atoms with Crippen LogP contribution in [0.4, 0.5) is 13.2 Å². The summed E-state index contributed by atoms with van der Waals surface area (Å²) in [5.41, 5.74) is -0.321. The minimum atomic E-state index is -4.43. The molecule has 0 saturated heterocycles. The second kappa shape index (κ2) is 8.79. The zero-order valence-corrected chi connectivity index (χ0v) is 15.4. The van der Waals surface area contributed by atoms with Gasteiger partial charge in [0.2, 0.25) is 0 Å². The van der Waals surface area contributed by atoms with Crippen LogP contribution in [0.1, 0.15) is 31.0 Å². The molecular formula is C20H22F3NO3. The number of likely N-dealkylation sites (N-methyl/N-ethyl adjacent to an activating group) is 1. The number of benzene rings is 2. The molecule has 2 aromatic rings. The van der Waals surface area contributed by atoms with Crippen LogP contribution in [0.25, 0.3) is 0 Å². The first kappa shape index (κ1) is 20.6. The monoisotopic (exact) mass is 381 g/mol. The molecule has 1 amide bonds. The highest BCUT2D eigenvalue weighted by molar-refractivity contribution is 5.78. The van der Waals surface area contributed by atoms with Gasteiger partial charge in [-0.05, 0) is 43.7 Å². The molecule has 0 saturated carbocycles. The van der Waals surface area contributed by atoms with Gasteiger partial charge >= 0.3 is 6.18 Å². The number of halogens is 3. The van der Waals surface area contributed by atoms with Gasteiger partial charge in [-0.3, -0.25) is 4.79 Å². The van der Waals surface area contributed by atoms with Crippen molar-refractivity contribution in [3.8, 4) is 11.5 Å². The quantitative estimate of drug-likeness (QED) is 0.698. The lowest BCUT2D eigenvalue weighted by molar-refractivity contribution is -0.137. The van der Waals surface area contributed by atoms with E-state index < -0.39 is 17.8 Å². The Morgan fingerprint density at radius 3 is 2.37 bits per heavy atom. The molecule has 27 heavy (non-hydrogen) atoms. The van der Waals surface area contributed by atoms with Gasteiger partial charge in [0.05, 0.1) is 18.7 Å². The van der Waals surface area contributed by atoms with Crippen molar-refractivity contribution in [2.45, 2.75) is 26.1 Å². The zero-order valence-electron chi connectivity index (χ0n) is 15.4. The molecule has 2 rings (SSSR count). The molecule has 0 radical (unpaired) electrons. The molecule has 1 unspecified atom stereocenters. The first-order valence-electron chi connectivity index (χ1n) is 8.50. The predicted octanol–water partition coefficient (Wildman–Crippen LogP) is 4.70. The van der Waals surface area contributed by atoms with Crippen molar-refractivity contribution >= 4 is 5.91 Å². The van der Waals surface area contributed by atoms with Crippen LogP contribution in [-0.2, 0) is 11.0 Å². The zero-order chi connectivity index (χ0) is 20.0. The van der Waals surface area contributed by atoms with Gasteiger partial charge in [0.25, 0.3) is 5.91 Å². The first-order chi connectivity index (χ1) is 12.8. The molecule has 0 aliphatic heterocycles. The van der Waals surface area contributed by atoms with Gasteiger partial charge in [-0.2, -0.15) is 13.2 Å². The number of hydrogen-bond acceptors (Lipinski definition) is 3. The van der Waals surface area contributed by atoms with E-state index in [1.807, 2.05) is 0 Å². The maximum absolute atomic E-state index is 12.9. The Balaban J connectivity index is 2.12.